The van der Waals surface area contributed by atoms with Gasteiger partial charge in [-0.05, 0) is 34.7 Å². The molecule has 0 saturated carbocycles. The Balaban J connectivity index is 1.76. The second kappa shape index (κ2) is 6.39. The predicted molar refractivity (Wildman–Crippen MR) is 93.5 cm³/mol. The minimum atomic E-state index is -4.45. The molecule has 4 rings (SSSR count). The summed E-state index contributed by atoms with van der Waals surface area (Å²) in [5, 5.41) is 11.3. The average molecular weight is 406 g/mol. The normalized spacial score (nSPS) is 12.0. The van der Waals surface area contributed by atoms with E-state index in [2.05, 4.69) is 20.5 Å². The van der Waals surface area contributed by atoms with Gasteiger partial charge in [-0.15, -0.1) is 5.10 Å². The summed E-state index contributed by atoms with van der Waals surface area (Å²) in [4.78, 5) is 28.7. The summed E-state index contributed by atoms with van der Waals surface area (Å²) in [6.07, 6.45) is -3.08. The standard InChI is InChI=1S/C16H13F3N8O2/c1-24-13-12(14(28)25(2)15(24)29)26(8-20-13)7-11-21-22-23-27(11)10-5-3-9(4-6-10)16(17,18)19/h3-6,8H,7H2,1-2H3. The van der Waals surface area contributed by atoms with Crippen LogP contribution in [0.3, 0.4) is 0 Å². The SMILES string of the molecule is Cn1c(=O)c2c(ncn2Cc2nnnn2-c2ccc(C(F)(F)F)cc2)n(C)c1=O. The molecule has 1 aromatic carbocycles. The summed E-state index contributed by atoms with van der Waals surface area (Å²) in [6.45, 7) is 0.0119. The molecule has 3 aromatic heterocycles. The van der Waals surface area contributed by atoms with E-state index in [1.165, 1.54) is 46.4 Å². The summed E-state index contributed by atoms with van der Waals surface area (Å²) >= 11 is 0. The Morgan fingerprint density at radius 3 is 2.38 bits per heavy atom. The Bertz CT molecular complexity index is 1330. The first-order chi connectivity index (χ1) is 13.7. The lowest BCUT2D eigenvalue weighted by molar-refractivity contribution is -0.137. The van der Waals surface area contributed by atoms with E-state index in [0.717, 1.165) is 16.7 Å². The quantitative estimate of drug-likeness (QED) is 0.490. The third kappa shape index (κ3) is 2.99. The first kappa shape index (κ1) is 18.6. The largest absolute Gasteiger partial charge is 0.416 e. The molecule has 150 valence electrons. The summed E-state index contributed by atoms with van der Waals surface area (Å²) in [7, 11) is 2.85. The number of aryl methyl sites for hydroxylation is 1. The number of benzene rings is 1. The zero-order valence-electron chi connectivity index (χ0n) is 15.1. The predicted octanol–water partition coefficient (Wildman–Crippen LogP) is 0.476. The molecule has 0 amide bonds. The fraction of sp³-hybridized carbons (Fsp3) is 0.250. The highest BCUT2D eigenvalue weighted by molar-refractivity contribution is 5.70. The van der Waals surface area contributed by atoms with Crippen molar-refractivity contribution in [1.82, 2.24) is 38.9 Å². The van der Waals surface area contributed by atoms with Gasteiger partial charge in [-0.25, -0.2) is 9.78 Å². The number of nitrogens with zero attached hydrogens (tertiary/aromatic N) is 8. The summed E-state index contributed by atoms with van der Waals surface area (Å²) in [6, 6.07) is 4.35. The van der Waals surface area contributed by atoms with Crippen LogP contribution in [0.15, 0.2) is 40.2 Å². The van der Waals surface area contributed by atoms with E-state index in [9.17, 15) is 22.8 Å². The molecule has 0 fully saturated rings. The van der Waals surface area contributed by atoms with E-state index in [1.54, 1.807) is 0 Å². The Labute approximate surface area is 159 Å². The molecule has 0 unspecified atom stereocenters. The Morgan fingerprint density at radius 2 is 1.72 bits per heavy atom. The van der Waals surface area contributed by atoms with Gasteiger partial charge in [-0.1, -0.05) is 0 Å². The highest BCUT2D eigenvalue weighted by atomic mass is 19.4. The molecule has 4 aromatic rings. The molecule has 13 heteroatoms. The molecular weight excluding hydrogens is 393 g/mol. The number of fused-ring (bicyclic) bond motifs is 1. The molecule has 0 atom stereocenters. The van der Waals surface area contributed by atoms with Gasteiger partial charge >= 0.3 is 11.9 Å². The fourth-order valence-electron chi connectivity index (χ4n) is 2.97. The Hall–Kier alpha value is -3.77. The van der Waals surface area contributed by atoms with Gasteiger partial charge in [0.2, 0.25) is 0 Å². The van der Waals surface area contributed by atoms with Crippen LogP contribution in [0.25, 0.3) is 16.9 Å². The maximum Gasteiger partial charge on any atom is 0.416 e. The van der Waals surface area contributed by atoms with E-state index in [1.807, 2.05) is 0 Å². The first-order valence-corrected chi connectivity index (χ1v) is 8.24. The van der Waals surface area contributed by atoms with Crippen LogP contribution in [0.4, 0.5) is 13.2 Å². The first-order valence-electron chi connectivity index (χ1n) is 8.24. The van der Waals surface area contributed by atoms with Gasteiger partial charge in [0.15, 0.2) is 17.0 Å². The lowest BCUT2D eigenvalue weighted by Crippen LogP contribution is -2.37. The van der Waals surface area contributed by atoms with E-state index in [4.69, 9.17) is 0 Å². The van der Waals surface area contributed by atoms with Crippen molar-refractivity contribution in [1.29, 1.82) is 0 Å². The number of tetrazole rings is 1. The van der Waals surface area contributed by atoms with Crippen molar-refractivity contribution in [3.05, 3.63) is 62.8 Å². The third-order valence-corrected chi connectivity index (χ3v) is 4.50. The number of hydrogen-bond acceptors (Lipinski definition) is 6. The van der Waals surface area contributed by atoms with Gasteiger partial charge < -0.3 is 4.57 Å². The number of aromatic nitrogens is 8. The van der Waals surface area contributed by atoms with Crippen molar-refractivity contribution in [2.75, 3.05) is 0 Å². The molecule has 3 heterocycles. The smallest absolute Gasteiger partial charge is 0.317 e. The van der Waals surface area contributed by atoms with Crippen molar-refractivity contribution in [2.45, 2.75) is 12.7 Å². The number of rotatable bonds is 3. The maximum atomic E-state index is 12.8. The van der Waals surface area contributed by atoms with Crippen molar-refractivity contribution in [2.24, 2.45) is 14.1 Å². The summed E-state index contributed by atoms with van der Waals surface area (Å²) in [5.41, 5.74) is -1.14. The second-order valence-electron chi connectivity index (χ2n) is 6.30. The zero-order chi connectivity index (χ0) is 20.9. The third-order valence-electron chi connectivity index (χ3n) is 4.50. The molecule has 10 nitrogen and oxygen atoms in total. The van der Waals surface area contributed by atoms with Crippen LogP contribution in [-0.2, 0) is 26.8 Å². The van der Waals surface area contributed by atoms with E-state index in [-0.39, 0.29) is 23.5 Å². The molecule has 0 aliphatic carbocycles. The number of imidazole rings is 1. The average Bonchev–Trinajstić information content (AvgIpc) is 3.32. The van der Waals surface area contributed by atoms with Crippen molar-refractivity contribution in [3.63, 3.8) is 0 Å². The summed E-state index contributed by atoms with van der Waals surface area (Å²) < 4.78 is 43.2. The minimum absolute atomic E-state index is 0.0119. The van der Waals surface area contributed by atoms with E-state index >= 15 is 0 Å². The monoisotopic (exact) mass is 406 g/mol. The zero-order valence-corrected chi connectivity index (χ0v) is 15.1. The molecule has 0 spiro atoms. The van der Waals surface area contributed by atoms with E-state index in [0.29, 0.717) is 5.69 Å². The van der Waals surface area contributed by atoms with Crippen molar-refractivity contribution in [3.8, 4) is 5.69 Å². The summed E-state index contributed by atoms with van der Waals surface area (Å²) in [5.74, 6) is 0.264. The minimum Gasteiger partial charge on any atom is -0.317 e. The van der Waals surface area contributed by atoms with Gasteiger partial charge in [0.05, 0.1) is 24.1 Å². The fourth-order valence-corrected chi connectivity index (χ4v) is 2.97. The molecule has 0 aliphatic heterocycles. The van der Waals surface area contributed by atoms with Gasteiger partial charge in [0, 0.05) is 14.1 Å². The van der Waals surface area contributed by atoms with Crippen LogP contribution in [0.1, 0.15) is 11.4 Å². The van der Waals surface area contributed by atoms with Crippen LogP contribution in [-0.4, -0.2) is 38.9 Å². The molecule has 0 N–H and O–H groups in total. The molecule has 0 aliphatic rings. The van der Waals surface area contributed by atoms with Crippen molar-refractivity contribution >= 4 is 11.2 Å². The lowest BCUT2D eigenvalue weighted by Gasteiger charge is -2.09. The molecule has 0 saturated heterocycles. The van der Waals surface area contributed by atoms with Crippen molar-refractivity contribution < 1.29 is 13.2 Å². The molecule has 29 heavy (non-hydrogen) atoms. The second-order valence-corrected chi connectivity index (χ2v) is 6.30. The van der Waals surface area contributed by atoms with E-state index < -0.39 is 23.0 Å². The number of halogens is 3. The highest BCUT2D eigenvalue weighted by Crippen LogP contribution is 2.29. The van der Waals surface area contributed by atoms with Crippen LogP contribution in [0.5, 0.6) is 0 Å². The van der Waals surface area contributed by atoms with Gasteiger partial charge in [-0.2, -0.15) is 17.9 Å². The van der Waals surface area contributed by atoms with Crippen LogP contribution in [0, 0.1) is 0 Å². The topological polar surface area (TPSA) is 105 Å². The maximum absolute atomic E-state index is 12.8. The Morgan fingerprint density at radius 1 is 1.03 bits per heavy atom. The van der Waals surface area contributed by atoms with Gasteiger partial charge in [0.25, 0.3) is 5.56 Å². The number of hydrogen-bond donors (Lipinski definition) is 0. The highest BCUT2D eigenvalue weighted by Gasteiger charge is 2.30. The van der Waals surface area contributed by atoms with Crippen LogP contribution in [0.2, 0.25) is 0 Å². The molecule has 0 bridgehead atoms. The molecule has 0 radical (unpaired) electrons. The molecular formula is C16H13F3N8O2. The van der Waals surface area contributed by atoms with Gasteiger partial charge in [0.1, 0.15) is 0 Å². The van der Waals surface area contributed by atoms with Crippen LogP contribution < -0.4 is 11.2 Å². The van der Waals surface area contributed by atoms with Gasteiger partial charge in [-0.3, -0.25) is 13.9 Å². The Kier molecular flexibility index (Phi) is 4.10. The number of alkyl halides is 3. The van der Waals surface area contributed by atoms with Crippen LogP contribution >= 0.6 is 0 Å². The lowest BCUT2D eigenvalue weighted by atomic mass is 10.2.